The van der Waals surface area contributed by atoms with Crippen LogP contribution in [0, 0.1) is 13.8 Å². The van der Waals surface area contributed by atoms with Crippen molar-refractivity contribution in [2.75, 3.05) is 6.54 Å². The summed E-state index contributed by atoms with van der Waals surface area (Å²) in [5, 5.41) is 1.82. The van der Waals surface area contributed by atoms with Crippen LogP contribution in [0.1, 0.15) is 23.2 Å². The zero-order chi connectivity index (χ0) is 12.4. The van der Waals surface area contributed by atoms with Crippen molar-refractivity contribution in [3.05, 3.63) is 40.0 Å². The van der Waals surface area contributed by atoms with E-state index in [0.29, 0.717) is 6.54 Å². The average Bonchev–Trinajstić information content (AvgIpc) is 2.32. The highest BCUT2D eigenvalue weighted by Gasteiger charge is 2.07. The van der Waals surface area contributed by atoms with Crippen molar-refractivity contribution in [3.63, 3.8) is 0 Å². The van der Waals surface area contributed by atoms with Gasteiger partial charge in [0.25, 0.3) is 0 Å². The summed E-state index contributed by atoms with van der Waals surface area (Å²) in [5.74, 6) is 0. The minimum absolute atomic E-state index is 0.707. The summed E-state index contributed by atoms with van der Waals surface area (Å²) < 4.78 is 0. The third-order valence-electron chi connectivity index (χ3n) is 3.08. The third kappa shape index (κ3) is 2.43. The van der Waals surface area contributed by atoms with Gasteiger partial charge in [0.05, 0.1) is 5.52 Å². The second-order valence-electron chi connectivity index (χ2n) is 4.39. The van der Waals surface area contributed by atoms with Gasteiger partial charge >= 0.3 is 0 Å². The van der Waals surface area contributed by atoms with Crippen LogP contribution in [-0.2, 0) is 6.42 Å². The molecule has 0 bridgehead atoms. The van der Waals surface area contributed by atoms with Crippen LogP contribution >= 0.6 is 11.6 Å². The van der Waals surface area contributed by atoms with E-state index < -0.39 is 0 Å². The number of pyridine rings is 1. The third-order valence-corrected chi connectivity index (χ3v) is 3.41. The smallest absolute Gasteiger partial charge is 0.0749 e. The maximum absolute atomic E-state index is 6.22. The van der Waals surface area contributed by atoms with Gasteiger partial charge in [0.1, 0.15) is 0 Å². The van der Waals surface area contributed by atoms with E-state index in [1.165, 1.54) is 5.56 Å². The van der Waals surface area contributed by atoms with E-state index >= 15 is 0 Å². The molecule has 0 unspecified atom stereocenters. The van der Waals surface area contributed by atoms with E-state index in [4.69, 9.17) is 17.3 Å². The number of benzene rings is 1. The monoisotopic (exact) mass is 248 g/mol. The summed E-state index contributed by atoms with van der Waals surface area (Å²) in [5.41, 5.74) is 10.0. The summed E-state index contributed by atoms with van der Waals surface area (Å²) >= 11 is 6.22. The highest BCUT2D eigenvalue weighted by atomic mass is 35.5. The Labute approximate surface area is 107 Å². The summed E-state index contributed by atoms with van der Waals surface area (Å²) in [4.78, 5) is 4.66. The Kier molecular flexibility index (Phi) is 3.65. The van der Waals surface area contributed by atoms with Gasteiger partial charge in [-0.05, 0) is 56.5 Å². The fourth-order valence-corrected chi connectivity index (χ4v) is 2.25. The maximum Gasteiger partial charge on any atom is 0.0749 e. The van der Waals surface area contributed by atoms with Crippen molar-refractivity contribution in [2.45, 2.75) is 26.7 Å². The normalized spacial score (nSPS) is 11.1. The summed E-state index contributed by atoms with van der Waals surface area (Å²) in [6.07, 6.45) is 1.95. The van der Waals surface area contributed by atoms with Gasteiger partial charge in [-0.15, -0.1) is 0 Å². The molecule has 0 fully saturated rings. The lowest BCUT2D eigenvalue weighted by molar-refractivity contribution is 0.824. The Balaban J connectivity index is 2.59. The number of halogens is 1. The minimum atomic E-state index is 0.707. The van der Waals surface area contributed by atoms with Crippen molar-refractivity contribution in [2.24, 2.45) is 5.73 Å². The van der Waals surface area contributed by atoms with Crippen molar-refractivity contribution in [1.82, 2.24) is 4.98 Å². The number of aryl methyl sites for hydroxylation is 3. The molecule has 2 rings (SSSR count). The molecule has 0 amide bonds. The van der Waals surface area contributed by atoms with Crippen LogP contribution in [0.15, 0.2) is 18.2 Å². The van der Waals surface area contributed by atoms with Crippen LogP contribution in [0.2, 0.25) is 5.02 Å². The quantitative estimate of drug-likeness (QED) is 0.904. The lowest BCUT2D eigenvalue weighted by atomic mass is 10.0. The number of hydrogen-bond donors (Lipinski definition) is 1. The molecule has 3 heteroatoms. The van der Waals surface area contributed by atoms with Crippen LogP contribution in [0.4, 0.5) is 0 Å². The van der Waals surface area contributed by atoms with Gasteiger partial charge in [0, 0.05) is 16.1 Å². The van der Waals surface area contributed by atoms with Gasteiger partial charge in [-0.2, -0.15) is 0 Å². The van der Waals surface area contributed by atoms with Gasteiger partial charge in [-0.1, -0.05) is 17.7 Å². The maximum atomic E-state index is 6.22. The molecule has 2 N–H and O–H groups in total. The van der Waals surface area contributed by atoms with E-state index in [2.05, 4.69) is 18.0 Å². The largest absolute Gasteiger partial charge is 0.330 e. The van der Waals surface area contributed by atoms with Crippen LogP contribution in [0.25, 0.3) is 10.9 Å². The first-order valence-corrected chi connectivity index (χ1v) is 6.26. The van der Waals surface area contributed by atoms with Crippen LogP contribution in [-0.4, -0.2) is 11.5 Å². The Morgan fingerprint density at radius 3 is 2.76 bits per heavy atom. The fourth-order valence-electron chi connectivity index (χ4n) is 2.04. The predicted molar refractivity (Wildman–Crippen MR) is 73.6 cm³/mol. The molecule has 2 nitrogen and oxygen atoms in total. The van der Waals surface area contributed by atoms with Gasteiger partial charge in [0.2, 0.25) is 0 Å². The number of rotatable bonds is 3. The second-order valence-corrected chi connectivity index (χ2v) is 4.79. The summed E-state index contributed by atoms with van der Waals surface area (Å²) in [6, 6.07) is 6.10. The molecule has 0 aliphatic heterocycles. The predicted octanol–water partition coefficient (Wildman–Crippen LogP) is 3.40. The highest BCUT2D eigenvalue weighted by molar-refractivity contribution is 6.35. The number of hydrogen-bond acceptors (Lipinski definition) is 2. The molecule has 2 aromatic rings. The van der Waals surface area contributed by atoms with Crippen molar-refractivity contribution < 1.29 is 0 Å². The summed E-state index contributed by atoms with van der Waals surface area (Å²) in [6.45, 7) is 4.81. The topological polar surface area (TPSA) is 38.9 Å². The van der Waals surface area contributed by atoms with E-state index in [0.717, 1.165) is 40.0 Å². The lowest BCUT2D eigenvalue weighted by Crippen LogP contribution is -2.02. The first-order valence-electron chi connectivity index (χ1n) is 5.89. The van der Waals surface area contributed by atoms with E-state index in [1.807, 2.05) is 19.1 Å². The Bertz CT molecular complexity index is 549. The van der Waals surface area contributed by atoms with Crippen molar-refractivity contribution in [3.8, 4) is 0 Å². The average molecular weight is 249 g/mol. The van der Waals surface area contributed by atoms with Gasteiger partial charge in [-0.3, -0.25) is 4.98 Å². The molecule has 17 heavy (non-hydrogen) atoms. The van der Waals surface area contributed by atoms with E-state index in [1.54, 1.807) is 0 Å². The number of fused-ring (bicyclic) bond motifs is 1. The van der Waals surface area contributed by atoms with Crippen molar-refractivity contribution in [1.29, 1.82) is 0 Å². The standard InChI is InChI=1S/C14H17ClN2/c1-9-5-6-13(15)12-8-11(4-3-7-16)10(2)17-14(9)12/h5-6,8H,3-4,7,16H2,1-2H3. The van der Waals surface area contributed by atoms with Gasteiger partial charge < -0.3 is 5.73 Å². The first-order chi connectivity index (χ1) is 8.13. The second kappa shape index (κ2) is 5.03. The molecule has 1 heterocycles. The number of nitrogens with zero attached hydrogens (tertiary/aromatic N) is 1. The molecule has 0 saturated carbocycles. The molecule has 0 atom stereocenters. The molecular formula is C14H17ClN2. The lowest BCUT2D eigenvalue weighted by Gasteiger charge is -2.09. The minimum Gasteiger partial charge on any atom is -0.330 e. The van der Waals surface area contributed by atoms with Gasteiger partial charge in [0.15, 0.2) is 0 Å². The zero-order valence-electron chi connectivity index (χ0n) is 10.3. The number of nitrogens with two attached hydrogens (primary N) is 1. The first kappa shape index (κ1) is 12.3. The SMILES string of the molecule is Cc1nc2c(C)ccc(Cl)c2cc1CCCN. The Hall–Kier alpha value is -1.12. The van der Waals surface area contributed by atoms with Crippen LogP contribution < -0.4 is 5.73 Å². The molecule has 1 aromatic heterocycles. The summed E-state index contributed by atoms with van der Waals surface area (Å²) in [7, 11) is 0. The molecule has 90 valence electrons. The highest BCUT2D eigenvalue weighted by Crippen LogP contribution is 2.27. The Morgan fingerprint density at radius 2 is 2.06 bits per heavy atom. The van der Waals surface area contributed by atoms with Crippen LogP contribution in [0.3, 0.4) is 0 Å². The fraction of sp³-hybridized carbons (Fsp3) is 0.357. The molecule has 0 saturated heterocycles. The van der Waals surface area contributed by atoms with Crippen LogP contribution in [0.5, 0.6) is 0 Å². The molecular weight excluding hydrogens is 232 g/mol. The molecule has 0 spiro atoms. The Morgan fingerprint density at radius 1 is 1.29 bits per heavy atom. The van der Waals surface area contributed by atoms with Gasteiger partial charge in [-0.25, -0.2) is 0 Å². The zero-order valence-corrected chi connectivity index (χ0v) is 11.0. The molecule has 0 aliphatic carbocycles. The molecule has 1 aromatic carbocycles. The van der Waals surface area contributed by atoms with E-state index in [9.17, 15) is 0 Å². The molecule has 0 radical (unpaired) electrons. The van der Waals surface area contributed by atoms with Crippen molar-refractivity contribution >= 4 is 22.5 Å². The number of aromatic nitrogens is 1. The molecule has 0 aliphatic rings. The van der Waals surface area contributed by atoms with E-state index in [-0.39, 0.29) is 0 Å².